The minimum Gasteiger partial charge on any atom is -0.354 e. The molecule has 1 atom stereocenters. The van der Waals surface area contributed by atoms with Crippen molar-refractivity contribution in [1.29, 1.82) is 0 Å². The second-order valence-electron chi connectivity index (χ2n) is 7.49. The van der Waals surface area contributed by atoms with Crippen molar-refractivity contribution in [2.75, 3.05) is 39.8 Å². The number of carbonyl (C=O) groups excluding carboxylic acids is 3. The minimum absolute atomic E-state index is 0.0753. The smallest absolute Gasteiger partial charge is 0.326 e. The third-order valence-corrected chi connectivity index (χ3v) is 5.75. The highest BCUT2D eigenvalue weighted by Gasteiger charge is 2.33. The normalized spacial score (nSPS) is 18.6. The molecule has 2 heterocycles. The summed E-state index contributed by atoms with van der Waals surface area (Å²) in [7, 11) is 1.57. The van der Waals surface area contributed by atoms with Gasteiger partial charge in [0.2, 0.25) is 11.8 Å². The molecule has 0 aliphatic carbocycles. The Kier molecular flexibility index (Phi) is 7.08. The number of nitrogens with one attached hydrogen (secondary N) is 1. The van der Waals surface area contributed by atoms with Crippen molar-refractivity contribution in [3.63, 3.8) is 0 Å². The van der Waals surface area contributed by atoms with Gasteiger partial charge in [0.1, 0.15) is 12.4 Å². The third-order valence-electron chi connectivity index (χ3n) is 5.42. The molecule has 1 aromatic carbocycles. The van der Waals surface area contributed by atoms with E-state index in [2.05, 4.69) is 10.2 Å². The van der Waals surface area contributed by atoms with E-state index in [1.165, 1.54) is 15.9 Å². The van der Waals surface area contributed by atoms with Gasteiger partial charge in [-0.25, -0.2) is 9.18 Å². The van der Waals surface area contributed by atoms with Gasteiger partial charge in [-0.15, -0.1) is 0 Å². The molecule has 0 saturated carbocycles. The Hall–Kier alpha value is -2.19. The molecule has 3 rings (SSSR count). The second-order valence-corrected chi connectivity index (χ2v) is 7.89. The van der Waals surface area contributed by atoms with Gasteiger partial charge in [-0.2, -0.15) is 0 Å². The van der Waals surface area contributed by atoms with Crippen LogP contribution in [0.4, 0.5) is 9.18 Å². The highest BCUT2D eigenvalue weighted by molar-refractivity contribution is 6.31. The number of rotatable bonds is 8. The molecule has 1 aromatic rings. The number of nitrogens with zero attached hydrogens (tertiary/aromatic N) is 3. The number of likely N-dealkylation sites (tertiary alicyclic amines) is 1. The fourth-order valence-electron chi connectivity index (χ4n) is 3.88. The highest BCUT2D eigenvalue weighted by atomic mass is 35.5. The van der Waals surface area contributed by atoms with Gasteiger partial charge in [0, 0.05) is 37.1 Å². The van der Waals surface area contributed by atoms with Crippen LogP contribution < -0.4 is 5.32 Å². The molecule has 0 aromatic heterocycles. The van der Waals surface area contributed by atoms with E-state index in [-0.39, 0.29) is 55.8 Å². The topological polar surface area (TPSA) is 73.0 Å². The first-order valence-corrected chi connectivity index (χ1v) is 10.3. The number of amides is 4. The van der Waals surface area contributed by atoms with Crippen molar-refractivity contribution in [2.24, 2.45) is 0 Å². The predicted octanol–water partition coefficient (Wildman–Crippen LogP) is 2.41. The first-order chi connectivity index (χ1) is 13.9. The lowest BCUT2D eigenvalue weighted by atomic mass is 10.0. The zero-order valence-electron chi connectivity index (χ0n) is 16.5. The minimum atomic E-state index is -0.376. The number of carbonyl (C=O) groups is 3. The van der Waals surface area contributed by atoms with Gasteiger partial charge in [0.15, 0.2) is 0 Å². The van der Waals surface area contributed by atoms with Crippen molar-refractivity contribution >= 4 is 29.4 Å². The average Bonchev–Trinajstić information content (AvgIpc) is 3.28. The van der Waals surface area contributed by atoms with Crippen LogP contribution in [0.3, 0.4) is 0 Å². The lowest BCUT2D eigenvalue weighted by Crippen LogP contribution is -2.38. The Bertz CT molecular complexity index is 765. The molecule has 1 N–H and O–H groups in total. The van der Waals surface area contributed by atoms with Crippen LogP contribution in [0.15, 0.2) is 18.2 Å². The van der Waals surface area contributed by atoms with E-state index < -0.39 is 0 Å². The van der Waals surface area contributed by atoms with Crippen LogP contribution >= 0.6 is 11.6 Å². The number of imide groups is 1. The molecular weight excluding hydrogens is 399 g/mol. The first-order valence-electron chi connectivity index (χ1n) is 9.88. The van der Waals surface area contributed by atoms with Gasteiger partial charge < -0.3 is 10.2 Å². The SMILES string of the molecule is CN1CC(=O)N(CCCC(=O)NCC(c2c(F)cccc2Cl)N2CCCC2)C1=O. The maximum Gasteiger partial charge on any atom is 0.326 e. The van der Waals surface area contributed by atoms with Gasteiger partial charge in [-0.1, -0.05) is 17.7 Å². The largest absolute Gasteiger partial charge is 0.354 e. The van der Waals surface area contributed by atoms with Crippen molar-refractivity contribution in [1.82, 2.24) is 20.0 Å². The van der Waals surface area contributed by atoms with Crippen LogP contribution in [0.5, 0.6) is 0 Å². The van der Waals surface area contributed by atoms with Crippen LogP contribution in [0.2, 0.25) is 5.02 Å². The summed E-state index contributed by atoms with van der Waals surface area (Å²) < 4.78 is 14.5. The Labute approximate surface area is 174 Å². The van der Waals surface area contributed by atoms with Crippen LogP contribution in [-0.4, -0.2) is 72.3 Å². The summed E-state index contributed by atoms with van der Waals surface area (Å²) in [6, 6.07) is 3.95. The molecule has 7 nitrogen and oxygen atoms in total. The Morgan fingerprint density at radius 3 is 2.62 bits per heavy atom. The van der Waals surface area contributed by atoms with Gasteiger partial charge in [0.25, 0.3) is 0 Å². The Morgan fingerprint density at radius 2 is 2.00 bits per heavy atom. The van der Waals surface area contributed by atoms with E-state index >= 15 is 0 Å². The molecule has 2 aliphatic rings. The van der Waals surface area contributed by atoms with E-state index in [0.29, 0.717) is 17.0 Å². The van der Waals surface area contributed by atoms with Gasteiger partial charge in [-0.05, 0) is 44.5 Å². The lowest BCUT2D eigenvalue weighted by molar-refractivity contribution is -0.126. The molecule has 2 fully saturated rings. The number of benzene rings is 1. The van der Waals surface area contributed by atoms with Crippen LogP contribution in [0, 0.1) is 5.82 Å². The molecule has 0 spiro atoms. The second kappa shape index (κ2) is 9.54. The summed E-state index contributed by atoms with van der Waals surface area (Å²) in [5.74, 6) is -0.825. The lowest BCUT2D eigenvalue weighted by Gasteiger charge is -2.29. The number of urea groups is 1. The van der Waals surface area contributed by atoms with Crippen molar-refractivity contribution < 1.29 is 18.8 Å². The maximum atomic E-state index is 14.5. The molecule has 158 valence electrons. The van der Waals surface area contributed by atoms with E-state index in [4.69, 9.17) is 11.6 Å². The highest BCUT2D eigenvalue weighted by Crippen LogP contribution is 2.32. The number of halogens is 2. The standard InChI is InChI=1S/C20H26ClFN4O3/c1-24-13-18(28)26(20(24)29)11-5-8-17(27)23-12-16(25-9-2-3-10-25)19-14(21)6-4-7-15(19)22/h4,6-7,16H,2-3,5,8-13H2,1H3,(H,23,27). The van der Waals surface area contributed by atoms with E-state index in [9.17, 15) is 18.8 Å². The fraction of sp³-hybridized carbons (Fsp3) is 0.550. The van der Waals surface area contributed by atoms with Crippen LogP contribution in [0.1, 0.15) is 37.3 Å². The summed E-state index contributed by atoms with van der Waals surface area (Å²) in [5, 5.41) is 3.22. The van der Waals surface area contributed by atoms with Gasteiger partial charge in [-0.3, -0.25) is 19.4 Å². The van der Waals surface area contributed by atoms with Crippen molar-refractivity contribution in [3.05, 3.63) is 34.6 Å². The quantitative estimate of drug-likeness (QED) is 0.650. The first kappa shape index (κ1) is 21.5. The molecule has 2 saturated heterocycles. The monoisotopic (exact) mass is 424 g/mol. The van der Waals surface area contributed by atoms with E-state index in [1.807, 2.05) is 0 Å². The molecule has 1 unspecified atom stereocenters. The molecule has 4 amide bonds. The summed E-state index contributed by atoms with van der Waals surface area (Å²) in [6.07, 6.45) is 2.62. The van der Waals surface area contributed by atoms with Crippen LogP contribution in [-0.2, 0) is 9.59 Å². The van der Waals surface area contributed by atoms with Gasteiger partial charge >= 0.3 is 6.03 Å². The molecular formula is C20H26ClFN4O3. The third kappa shape index (κ3) is 5.05. The molecule has 29 heavy (non-hydrogen) atoms. The molecule has 9 heteroatoms. The fourth-order valence-corrected chi connectivity index (χ4v) is 4.17. The summed E-state index contributed by atoms with van der Waals surface area (Å²) in [6.45, 7) is 2.20. The average molecular weight is 425 g/mol. The Morgan fingerprint density at radius 1 is 1.28 bits per heavy atom. The van der Waals surface area contributed by atoms with E-state index in [1.54, 1.807) is 19.2 Å². The molecule has 2 aliphatic heterocycles. The van der Waals surface area contributed by atoms with Crippen molar-refractivity contribution in [3.8, 4) is 0 Å². The number of hydrogen-bond acceptors (Lipinski definition) is 4. The summed E-state index contributed by atoms with van der Waals surface area (Å²) >= 11 is 6.26. The summed E-state index contributed by atoms with van der Waals surface area (Å²) in [4.78, 5) is 40.6. The summed E-state index contributed by atoms with van der Waals surface area (Å²) in [5.41, 5.74) is 0.410. The zero-order valence-corrected chi connectivity index (χ0v) is 17.3. The maximum absolute atomic E-state index is 14.5. The molecule has 0 radical (unpaired) electrons. The zero-order chi connectivity index (χ0) is 21.0. The van der Waals surface area contributed by atoms with Gasteiger partial charge in [0.05, 0.1) is 6.04 Å². The predicted molar refractivity (Wildman–Crippen MR) is 107 cm³/mol. The molecule has 0 bridgehead atoms. The van der Waals surface area contributed by atoms with E-state index in [0.717, 1.165) is 25.9 Å². The number of likely N-dealkylation sites (N-methyl/N-ethyl adjacent to an activating group) is 1. The van der Waals surface area contributed by atoms with Crippen molar-refractivity contribution in [2.45, 2.75) is 31.7 Å². The van der Waals surface area contributed by atoms with Crippen LogP contribution in [0.25, 0.3) is 0 Å². The number of hydrogen-bond donors (Lipinski definition) is 1. The Balaban J connectivity index is 1.55.